The summed E-state index contributed by atoms with van der Waals surface area (Å²) in [5, 5.41) is 10.4. The summed E-state index contributed by atoms with van der Waals surface area (Å²) in [6.07, 6.45) is 4.92. The highest BCUT2D eigenvalue weighted by atomic mass is 32.2. The lowest BCUT2D eigenvalue weighted by atomic mass is 10.2. The molecule has 0 radical (unpaired) electrons. The zero-order chi connectivity index (χ0) is 17.1. The van der Waals surface area contributed by atoms with E-state index in [4.69, 9.17) is 12.2 Å². The van der Waals surface area contributed by atoms with E-state index in [1.165, 1.54) is 24.3 Å². The minimum absolute atomic E-state index is 0.0375. The molecule has 2 aromatic rings. The van der Waals surface area contributed by atoms with Gasteiger partial charge < -0.3 is 5.11 Å². The van der Waals surface area contributed by atoms with Crippen molar-refractivity contribution in [1.29, 1.82) is 0 Å². The Bertz CT molecular complexity index is 853. The van der Waals surface area contributed by atoms with E-state index < -0.39 is 11.8 Å². The van der Waals surface area contributed by atoms with Crippen molar-refractivity contribution in [2.45, 2.75) is 0 Å². The molecule has 1 aliphatic heterocycles. The van der Waals surface area contributed by atoms with Crippen molar-refractivity contribution in [3.05, 3.63) is 64.8 Å². The van der Waals surface area contributed by atoms with Gasteiger partial charge in [0.25, 0.3) is 11.8 Å². The molecule has 0 spiro atoms. The lowest BCUT2D eigenvalue weighted by Crippen LogP contribution is -2.44. The van der Waals surface area contributed by atoms with Crippen molar-refractivity contribution in [3.63, 3.8) is 0 Å². The summed E-state index contributed by atoms with van der Waals surface area (Å²) in [6, 6.07) is 9.39. The number of hydrogen-bond acceptors (Lipinski definition) is 6. The van der Waals surface area contributed by atoms with Crippen molar-refractivity contribution in [2.75, 3.05) is 0 Å². The van der Waals surface area contributed by atoms with Crippen LogP contribution in [-0.2, 0) is 4.79 Å². The van der Waals surface area contributed by atoms with Crippen molar-refractivity contribution < 1.29 is 14.7 Å². The normalized spacial score (nSPS) is 15.8. The molecule has 1 aliphatic rings. The molecule has 1 aromatic carbocycles. The zero-order valence-corrected chi connectivity index (χ0v) is 13.8. The molecule has 0 atom stereocenters. The number of amides is 2. The quantitative estimate of drug-likeness (QED) is 0.648. The Morgan fingerprint density at radius 2 is 2.17 bits per heavy atom. The first-order chi connectivity index (χ1) is 11.5. The third-order valence-electron chi connectivity index (χ3n) is 3.10. The molecule has 0 bridgehead atoms. The maximum absolute atomic E-state index is 12.4. The molecule has 0 unspecified atom stereocenters. The van der Waals surface area contributed by atoms with E-state index in [2.05, 4.69) is 10.4 Å². The van der Waals surface area contributed by atoms with E-state index in [0.29, 0.717) is 4.91 Å². The van der Waals surface area contributed by atoms with Gasteiger partial charge in [-0.1, -0.05) is 23.9 Å². The predicted octanol–water partition coefficient (Wildman–Crippen LogP) is 2.33. The van der Waals surface area contributed by atoms with Gasteiger partial charge >= 0.3 is 0 Å². The highest BCUT2D eigenvalue weighted by molar-refractivity contribution is 8.26. The van der Waals surface area contributed by atoms with Gasteiger partial charge in [-0.2, -0.15) is 5.01 Å². The topological polar surface area (TPSA) is 82.5 Å². The number of hydrogen-bond donors (Lipinski definition) is 2. The minimum atomic E-state index is -0.537. The number of phenols is 1. The fourth-order valence-electron chi connectivity index (χ4n) is 1.99. The zero-order valence-electron chi connectivity index (χ0n) is 12.2. The molecule has 2 heterocycles. The second kappa shape index (κ2) is 6.81. The second-order valence-corrected chi connectivity index (χ2v) is 6.47. The lowest BCUT2D eigenvalue weighted by molar-refractivity contribution is -0.123. The maximum atomic E-state index is 12.4. The summed E-state index contributed by atoms with van der Waals surface area (Å²) < 4.78 is 0.226. The third-order valence-corrected chi connectivity index (χ3v) is 4.40. The van der Waals surface area contributed by atoms with Crippen molar-refractivity contribution in [3.8, 4) is 5.75 Å². The molecule has 3 rings (SSSR count). The molecule has 120 valence electrons. The van der Waals surface area contributed by atoms with Crippen molar-refractivity contribution in [2.24, 2.45) is 0 Å². The number of thiocarbonyl (C=S) groups is 1. The molecule has 1 aromatic heterocycles. The summed E-state index contributed by atoms with van der Waals surface area (Å²) in [4.78, 5) is 29.0. The van der Waals surface area contributed by atoms with E-state index in [1.807, 2.05) is 6.07 Å². The van der Waals surface area contributed by atoms with Crippen LogP contribution in [0.3, 0.4) is 0 Å². The maximum Gasteiger partial charge on any atom is 0.285 e. The number of pyridine rings is 1. The van der Waals surface area contributed by atoms with Gasteiger partial charge in [0, 0.05) is 18.0 Å². The molecule has 6 nitrogen and oxygen atoms in total. The van der Waals surface area contributed by atoms with E-state index >= 15 is 0 Å². The Balaban J connectivity index is 1.77. The number of nitrogens with one attached hydrogen (secondary N) is 1. The average Bonchev–Trinajstić information content (AvgIpc) is 2.83. The highest BCUT2D eigenvalue weighted by Crippen LogP contribution is 2.31. The fourth-order valence-corrected chi connectivity index (χ4v) is 3.17. The Labute approximate surface area is 147 Å². The van der Waals surface area contributed by atoms with Crippen LogP contribution < -0.4 is 5.43 Å². The first kappa shape index (κ1) is 16.2. The largest absolute Gasteiger partial charge is 0.508 e. The van der Waals surface area contributed by atoms with E-state index in [9.17, 15) is 14.7 Å². The van der Waals surface area contributed by atoms with Gasteiger partial charge in [-0.25, -0.2) is 0 Å². The molecule has 24 heavy (non-hydrogen) atoms. The lowest BCUT2D eigenvalue weighted by Gasteiger charge is -2.15. The van der Waals surface area contributed by atoms with Crippen LogP contribution in [0.25, 0.3) is 6.08 Å². The van der Waals surface area contributed by atoms with Crippen LogP contribution in [0.5, 0.6) is 5.75 Å². The SMILES string of the molecule is O=C(NN1C(=O)/C(=C/c2cccnc2)SC1=S)c1cccc(O)c1. The Kier molecular flexibility index (Phi) is 4.59. The molecular formula is C16H11N3O3S2. The molecule has 1 fully saturated rings. The summed E-state index contributed by atoms with van der Waals surface area (Å²) >= 11 is 6.25. The van der Waals surface area contributed by atoms with Gasteiger partial charge in [0.05, 0.1) is 4.91 Å². The number of carbonyl (C=O) groups excluding carboxylic acids is 2. The standard InChI is InChI=1S/C16H11N3O3S2/c20-12-5-1-4-11(8-12)14(21)18-19-15(22)13(24-16(19)23)7-10-3-2-6-17-9-10/h1-9,20H,(H,18,21)/b13-7-. The number of thioether (sulfide) groups is 1. The molecule has 8 heteroatoms. The molecule has 1 saturated heterocycles. The summed E-state index contributed by atoms with van der Waals surface area (Å²) in [7, 11) is 0. The number of nitrogens with zero attached hydrogens (tertiary/aromatic N) is 2. The Morgan fingerprint density at radius 1 is 1.33 bits per heavy atom. The van der Waals surface area contributed by atoms with Gasteiger partial charge in [-0.3, -0.25) is 20.0 Å². The Morgan fingerprint density at radius 3 is 2.88 bits per heavy atom. The first-order valence-corrected chi connectivity index (χ1v) is 8.05. The Hall–Kier alpha value is -2.71. The summed E-state index contributed by atoms with van der Waals surface area (Å²) in [5.74, 6) is -0.989. The number of hydrazine groups is 1. The number of rotatable bonds is 3. The van der Waals surface area contributed by atoms with E-state index in [0.717, 1.165) is 22.3 Å². The van der Waals surface area contributed by atoms with Crippen LogP contribution in [0, 0.1) is 0 Å². The van der Waals surface area contributed by atoms with Crippen LogP contribution in [0.4, 0.5) is 0 Å². The number of aromatic hydroxyl groups is 1. The predicted molar refractivity (Wildman–Crippen MR) is 94.8 cm³/mol. The summed E-state index contributed by atoms with van der Waals surface area (Å²) in [5.41, 5.74) is 3.44. The first-order valence-electron chi connectivity index (χ1n) is 6.82. The molecular weight excluding hydrogens is 346 g/mol. The van der Waals surface area contributed by atoms with Gasteiger partial charge in [0.1, 0.15) is 5.75 Å². The van der Waals surface area contributed by atoms with Gasteiger partial charge in [-0.15, -0.1) is 0 Å². The highest BCUT2D eigenvalue weighted by Gasteiger charge is 2.33. The van der Waals surface area contributed by atoms with Crippen molar-refractivity contribution in [1.82, 2.24) is 15.4 Å². The third kappa shape index (κ3) is 3.44. The van der Waals surface area contributed by atoms with E-state index in [1.54, 1.807) is 24.5 Å². The van der Waals surface area contributed by atoms with E-state index in [-0.39, 0.29) is 15.6 Å². The van der Waals surface area contributed by atoms with Crippen LogP contribution in [-0.4, -0.2) is 31.2 Å². The van der Waals surface area contributed by atoms with Crippen LogP contribution in [0.1, 0.15) is 15.9 Å². The second-order valence-electron chi connectivity index (χ2n) is 4.79. The minimum Gasteiger partial charge on any atom is -0.508 e. The van der Waals surface area contributed by atoms with Crippen LogP contribution in [0.15, 0.2) is 53.7 Å². The van der Waals surface area contributed by atoms with Crippen LogP contribution >= 0.6 is 24.0 Å². The fraction of sp³-hybridized carbons (Fsp3) is 0. The number of benzene rings is 1. The molecule has 0 saturated carbocycles. The molecule has 2 amide bonds. The van der Waals surface area contributed by atoms with Gasteiger partial charge in [0.2, 0.25) is 0 Å². The molecule has 2 N–H and O–H groups in total. The van der Waals surface area contributed by atoms with Gasteiger partial charge in [0.15, 0.2) is 4.32 Å². The average molecular weight is 357 g/mol. The number of aromatic nitrogens is 1. The summed E-state index contributed by atoms with van der Waals surface area (Å²) in [6.45, 7) is 0. The smallest absolute Gasteiger partial charge is 0.285 e. The molecule has 0 aliphatic carbocycles. The van der Waals surface area contributed by atoms with Gasteiger partial charge in [-0.05, 0) is 48.1 Å². The monoisotopic (exact) mass is 357 g/mol. The van der Waals surface area contributed by atoms with Crippen LogP contribution in [0.2, 0.25) is 0 Å². The van der Waals surface area contributed by atoms with Crippen molar-refractivity contribution >= 4 is 46.2 Å². The number of phenolic OH excluding ortho intramolecular Hbond substituents is 1. The number of carbonyl (C=O) groups is 2.